The maximum Gasteiger partial charge on any atom is 0.337 e. The Labute approximate surface area is 128 Å². The molecular formula is C18H27NO2. The molecule has 0 unspecified atom stereocenters. The summed E-state index contributed by atoms with van der Waals surface area (Å²) in [5, 5.41) is 3.25. The molecule has 0 spiro atoms. The molecule has 1 N–H and O–H groups in total. The van der Waals surface area contributed by atoms with Gasteiger partial charge in [-0.05, 0) is 41.9 Å². The molecule has 116 valence electrons. The van der Waals surface area contributed by atoms with Crippen molar-refractivity contribution < 1.29 is 9.53 Å². The van der Waals surface area contributed by atoms with Gasteiger partial charge in [0.25, 0.3) is 0 Å². The average molecular weight is 289 g/mol. The Morgan fingerprint density at radius 3 is 2.48 bits per heavy atom. The minimum atomic E-state index is -0.284. The van der Waals surface area contributed by atoms with Crippen molar-refractivity contribution in [1.29, 1.82) is 0 Å². The van der Waals surface area contributed by atoms with Crippen molar-refractivity contribution in [3.63, 3.8) is 0 Å². The molecule has 3 heteroatoms. The van der Waals surface area contributed by atoms with Gasteiger partial charge in [-0.15, -0.1) is 0 Å². The van der Waals surface area contributed by atoms with E-state index in [1.807, 2.05) is 19.2 Å². The van der Waals surface area contributed by atoms with Crippen LogP contribution in [-0.2, 0) is 10.2 Å². The predicted molar refractivity (Wildman–Crippen MR) is 86.9 cm³/mol. The largest absolute Gasteiger partial charge is 0.465 e. The van der Waals surface area contributed by atoms with Gasteiger partial charge >= 0.3 is 5.97 Å². The van der Waals surface area contributed by atoms with Gasteiger partial charge in [-0.1, -0.05) is 39.2 Å². The zero-order valence-electron chi connectivity index (χ0n) is 13.7. The predicted octanol–water partition coefficient (Wildman–Crippen LogP) is 4.37. The summed E-state index contributed by atoms with van der Waals surface area (Å²) >= 11 is 0. The molecule has 1 aromatic rings. The number of rotatable bonds is 4. The second kappa shape index (κ2) is 6.50. The van der Waals surface area contributed by atoms with E-state index in [0.717, 1.165) is 5.69 Å². The van der Waals surface area contributed by atoms with E-state index in [-0.39, 0.29) is 11.4 Å². The Kier molecular flexibility index (Phi) is 4.92. The second-order valence-corrected chi connectivity index (χ2v) is 6.56. The summed E-state index contributed by atoms with van der Waals surface area (Å²) in [6, 6.07) is 5.88. The summed E-state index contributed by atoms with van der Waals surface area (Å²) in [5.74, 6) is 0.427. The van der Waals surface area contributed by atoms with E-state index in [9.17, 15) is 4.79 Å². The van der Waals surface area contributed by atoms with E-state index >= 15 is 0 Å². The van der Waals surface area contributed by atoms with Gasteiger partial charge in [0.2, 0.25) is 0 Å². The third kappa shape index (κ3) is 3.22. The fraction of sp³-hybridized carbons (Fsp3) is 0.611. The van der Waals surface area contributed by atoms with Gasteiger partial charge < -0.3 is 10.1 Å². The Hall–Kier alpha value is -1.51. The lowest BCUT2D eigenvalue weighted by Crippen LogP contribution is -2.31. The number of hydrogen-bond donors (Lipinski definition) is 1. The maximum absolute atomic E-state index is 11.7. The number of methoxy groups -OCH3 is 1. The lowest BCUT2D eigenvalue weighted by atomic mass is 9.67. The zero-order valence-corrected chi connectivity index (χ0v) is 13.7. The maximum atomic E-state index is 11.7. The van der Waals surface area contributed by atoms with E-state index in [4.69, 9.17) is 4.74 Å². The molecular weight excluding hydrogens is 262 g/mol. The summed E-state index contributed by atoms with van der Waals surface area (Å²) in [6.45, 7) is 4.66. The van der Waals surface area contributed by atoms with Crippen LogP contribution in [0, 0.1) is 5.92 Å². The van der Waals surface area contributed by atoms with E-state index in [1.54, 1.807) is 0 Å². The van der Waals surface area contributed by atoms with Crippen molar-refractivity contribution in [2.45, 2.75) is 51.4 Å². The number of esters is 1. The van der Waals surface area contributed by atoms with E-state index in [0.29, 0.717) is 11.5 Å². The highest BCUT2D eigenvalue weighted by atomic mass is 16.5. The number of carbonyl (C=O) groups excluding carboxylic acids is 1. The molecule has 1 aliphatic rings. The van der Waals surface area contributed by atoms with E-state index in [1.165, 1.54) is 44.8 Å². The highest BCUT2D eigenvalue weighted by Gasteiger charge is 2.34. The molecule has 0 bridgehead atoms. The second-order valence-electron chi connectivity index (χ2n) is 6.56. The molecule has 0 saturated heterocycles. The van der Waals surface area contributed by atoms with Gasteiger partial charge in [0, 0.05) is 12.7 Å². The molecule has 21 heavy (non-hydrogen) atoms. The van der Waals surface area contributed by atoms with Crippen LogP contribution in [0.15, 0.2) is 18.2 Å². The Bertz CT molecular complexity index is 502. The SMILES string of the molecule is CNc1cc(C(=O)OC)ccc1C(C)(C)C1CCCCC1. The minimum absolute atomic E-state index is 0.118. The fourth-order valence-corrected chi connectivity index (χ4v) is 3.60. The minimum Gasteiger partial charge on any atom is -0.465 e. The van der Waals surface area contributed by atoms with Gasteiger partial charge in [-0.3, -0.25) is 0 Å². The van der Waals surface area contributed by atoms with Gasteiger partial charge in [-0.2, -0.15) is 0 Å². The molecule has 0 radical (unpaired) electrons. The van der Waals surface area contributed by atoms with Crippen LogP contribution in [-0.4, -0.2) is 20.1 Å². The number of nitrogens with one attached hydrogen (secondary N) is 1. The summed E-state index contributed by atoms with van der Waals surface area (Å²) < 4.78 is 4.81. The van der Waals surface area contributed by atoms with Gasteiger partial charge in [-0.25, -0.2) is 4.79 Å². The normalized spacial score (nSPS) is 16.6. The molecule has 0 heterocycles. The molecule has 0 atom stereocenters. The zero-order chi connectivity index (χ0) is 15.5. The molecule has 1 saturated carbocycles. The molecule has 1 aromatic carbocycles. The lowest BCUT2D eigenvalue weighted by Gasteiger charge is -2.38. The highest BCUT2D eigenvalue weighted by Crippen LogP contribution is 2.43. The molecule has 0 aromatic heterocycles. The van der Waals surface area contributed by atoms with Gasteiger partial charge in [0.05, 0.1) is 12.7 Å². The third-order valence-corrected chi connectivity index (χ3v) is 5.03. The number of ether oxygens (including phenoxy) is 1. The third-order valence-electron chi connectivity index (χ3n) is 5.03. The lowest BCUT2D eigenvalue weighted by molar-refractivity contribution is 0.0600. The van der Waals surface area contributed by atoms with Crippen LogP contribution < -0.4 is 5.32 Å². The first-order chi connectivity index (χ1) is 10.0. The van der Waals surface area contributed by atoms with Crippen LogP contribution in [0.5, 0.6) is 0 Å². The average Bonchev–Trinajstić information content (AvgIpc) is 2.54. The number of hydrogen-bond acceptors (Lipinski definition) is 3. The smallest absolute Gasteiger partial charge is 0.337 e. The number of benzene rings is 1. The van der Waals surface area contributed by atoms with Crippen molar-refractivity contribution in [1.82, 2.24) is 0 Å². The van der Waals surface area contributed by atoms with Crippen LogP contribution in [0.2, 0.25) is 0 Å². The van der Waals surface area contributed by atoms with E-state index in [2.05, 4.69) is 25.2 Å². The standard InChI is InChI=1S/C18H27NO2/c1-18(2,14-8-6-5-7-9-14)15-11-10-13(17(20)21-4)12-16(15)19-3/h10-12,14,19H,5-9H2,1-4H3. The van der Waals surface area contributed by atoms with Crippen molar-refractivity contribution in [3.8, 4) is 0 Å². The molecule has 1 fully saturated rings. The quantitative estimate of drug-likeness (QED) is 0.836. The van der Waals surface area contributed by atoms with Crippen molar-refractivity contribution in [2.24, 2.45) is 5.92 Å². The van der Waals surface area contributed by atoms with Gasteiger partial charge in [0.1, 0.15) is 0 Å². The Morgan fingerprint density at radius 2 is 1.90 bits per heavy atom. The topological polar surface area (TPSA) is 38.3 Å². The van der Waals surface area contributed by atoms with Crippen molar-refractivity contribution >= 4 is 11.7 Å². The first-order valence-electron chi connectivity index (χ1n) is 7.91. The number of anilines is 1. The summed E-state index contributed by atoms with van der Waals surface area (Å²) in [6.07, 6.45) is 6.64. The monoisotopic (exact) mass is 289 g/mol. The fourth-order valence-electron chi connectivity index (χ4n) is 3.60. The van der Waals surface area contributed by atoms with Crippen LogP contribution in [0.25, 0.3) is 0 Å². The summed E-state index contributed by atoms with van der Waals surface area (Å²) in [4.78, 5) is 11.7. The Morgan fingerprint density at radius 1 is 1.24 bits per heavy atom. The molecule has 1 aliphatic carbocycles. The number of carbonyl (C=O) groups is 1. The van der Waals surface area contributed by atoms with Gasteiger partial charge in [0.15, 0.2) is 0 Å². The van der Waals surface area contributed by atoms with Crippen molar-refractivity contribution in [2.75, 3.05) is 19.5 Å². The van der Waals surface area contributed by atoms with Crippen LogP contribution in [0.4, 0.5) is 5.69 Å². The molecule has 0 amide bonds. The van der Waals surface area contributed by atoms with Crippen LogP contribution >= 0.6 is 0 Å². The highest BCUT2D eigenvalue weighted by molar-refractivity contribution is 5.90. The van der Waals surface area contributed by atoms with Crippen molar-refractivity contribution in [3.05, 3.63) is 29.3 Å². The van der Waals surface area contributed by atoms with Crippen LogP contribution in [0.1, 0.15) is 61.9 Å². The summed E-state index contributed by atoms with van der Waals surface area (Å²) in [7, 11) is 3.33. The molecule has 2 rings (SSSR count). The first-order valence-corrected chi connectivity index (χ1v) is 7.91. The Balaban J connectivity index is 2.35. The molecule has 0 aliphatic heterocycles. The molecule has 3 nitrogen and oxygen atoms in total. The first kappa shape index (κ1) is 15.9. The summed E-state index contributed by atoms with van der Waals surface area (Å²) in [5.41, 5.74) is 3.05. The van der Waals surface area contributed by atoms with E-state index < -0.39 is 0 Å². The van der Waals surface area contributed by atoms with Crippen LogP contribution in [0.3, 0.4) is 0 Å².